The topological polar surface area (TPSA) is 9.86 Å². The summed E-state index contributed by atoms with van der Waals surface area (Å²) in [7, 11) is 0. The molecule has 12 aromatic rings. The van der Waals surface area contributed by atoms with Crippen LogP contribution in [0.15, 0.2) is 170 Å². The van der Waals surface area contributed by atoms with Gasteiger partial charge in [0.1, 0.15) is 0 Å². The SMILES string of the molecule is c1cc(-c2ccc(-n3c4ccccc4c4c5c(ccc43)sc3ccccc35)cc2)cc(-n2c3ccccc3c3c4c(ccc32)sc2ccccc24)c1. The van der Waals surface area contributed by atoms with Gasteiger partial charge in [-0.1, -0.05) is 97.1 Å². The van der Waals surface area contributed by atoms with E-state index in [1.807, 2.05) is 22.7 Å². The van der Waals surface area contributed by atoms with Gasteiger partial charge in [0.05, 0.1) is 22.1 Å². The molecule has 4 aromatic heterocycles. The van der Waals surface area contributed by atoms with Crippen molar-refractivity contribution in [2.75, 3.05) is 0 Å². The summed E-state index contributed by atoms with van der Waals surface area (Å²) in [5.74, 6) is 0. The standard InChI is InChI=1S/C48H28N2S2/c1-5-16-37-33(12-1)45-39(24-26-43-47(45)35-14-3-7-18-41(35)51-43)49(37)31-22-20-29(21-23-31)30-10-9-11-32(28-30)50-38-17-6-2-13-34(38)46-40(50)25-27-44-48(46)36-15-4-8-19-42(36)52-44/h1-28H. The maximum Gasteiger partial charge on any atom is 0.0548 e. The maximum atomic E-state index is 2.45. The van der Waals surface area contributed by atoms with Gasteiger partial charge in [-0.3, -0.25) is 0 Å². The zero-order valence-corrected chi connectivity index (χ0v) is 29.5. The normalized spacial score (nSPS) is 12.2. The number of para-hydroxylation sites is 2. The molecule has 242 valence electrons. The third-order valence-electron chi connectivity index (χ3n) is 10.9. The molecule has 2 nitrogen and oxygen atoms in total. The number of hydrogen-bond acceptors (Lipinski definition) is 2. The molecular weight excluding hydrogens is 669 g/mol. The number of nitrogens with zero attached hydrogens (tertiary/aromatic N) is 2. The van der Waals surface area contributed by atoms with Crippen molar-refractivity contribution in [2.24, 2.45) is 0 Å². The highest BCUT2D eigenvalue weighted by molar-refractivity contribution is 7.26. The Bertz CT molecular complexity index is 3410. The molecule has 0 saturated carbocycles. The van der Waals surface area contributed by atoms with E-state index < -0.39 is 0 Å². The molecule has 12 rings (SSSR count). The first-order chi connectivity index (χ1) is 25.8. The predicted molar refractivity (Wildman–Crippen MR) is 226 cm³/mol. The van der Waals surface area contributed by atoms with Crippen molar-refractivity contribution in [3.63, 3.8) is 0 Å². The Balaban J connectivity index is 1.02. The zero-order chi connectivity index (χ0) is 33.9. The molecule has 4 heteroatoms. The van der Waals surface area contributed by atoms with Crippen LogP contribution in [0.1, 0.15) is 0 Å². The molecule has 0 fully saturated rings. The fourth-order valence-electron chi connectivity index (χ4n) is 8.73. The van der Waals surface area contributed by atoms with E-state index in [0.29, 0.717) is 0 Å². The van der Waals surface area contributed by atoms with Gasteiger partial charge >= 0.3 is 0 Å². The largest absolute Gasteiger partial charge is 0.309 e. The van der Waals surface area contributed by atoms with E-state index in [2.05, 4.69) is 179 Å². The molecule has 0 spiro atoms. The third kappa shape index (κ3) is 3.88. The minimum Gasteiger partial charge on any atom is -0.309 e. The summed E-state index contributed by atoms with van der Waals surface area (Å²) in [4.78, 5) is 0. The van der Waals surface area contributed by atoms with Crippen LogP contribution in [0.5, 0.6) is 0 Å². The fourth-order valence-corrected chi connectivity index (χ4v) is 11.0. The summed E-state index contributed by atoms with van der Waals surface area (Å²) >= 11 is 3.76. The van der Waals surface area contributed by atoms with Crippen molar-refractivity contribution < 1.29 is 0 Å². The average Bonchev–Trinajstić information content (AvgIpc) is 3.95. The van der Waals surface area contributed by atoms with Gasteiger partial charge in [-0.25, -0.2) is 0 Å². The Morgan fingerprint density at radius 2 is 0.788 bits per heavy atom. The third-order valence-corrected chi connectivity index (χ3v) is 13.2. The molecule has 0 radical (unpaired) electrons. The Labute approximate surface area is 306 Å². The second-order valence-corrected chi connectivity index (χ2v) is 15.8. The molecule has 4 heterocycles. The van der Waals surface area contributed by atoms with E-state index in [-0.39, 0.29) is 0 Å². The van der Waals surface area contributed by atoms with Gasteiger partial charge in [-0.2, -0.15) is 0 Å². The zero-order valence-electron chi connectivity index (χ0n) is 27.9. The maximum absolute atomic E-state index is 2.45. The second kappa shape index (κ2) is 10.7. The molecule has 0 amide bonds. The van der Waals surface area contributed by atoms with E-state index in [9.17, 15) is 0 Å². The Morgan fingerprint density at radius 1 is 0.288 bits per heavy atom. The first-order valence-corrected chi connectivity index (χ1v) is 19.3. The molecule has 0 N–H and O–H groups in total. The van der Waals surface area contributed by atoms with Crippen molar-refractivity contribution in [3.8, 4) is 22.5 Å². The lowest BCUT2D eigenvalue weighted by Crippen LogP contribution is -1.95. The van der Waals surface area contributed by atoms with Crippen LogP contribution in [0, 0.1) is 0 Å². The van der Waals surface area contributed by atoms with Crippen LogP contribution in [0.4, 0.5) is 0 Å². The highest BCUT2D eigenvalue weighted by Gasteiger charge is 2.19. The summed E-state index contributed by atoms with van der Waals surface area (Å²) in [6.07, 6.45) is 0. The van der Waals surface area contributed by atoms with Gasteiger partial charge in [0.15, 0.2) is 0 Å². The van der Waals surface area contributed by atoms with Gasteiger partial charge in [-0.15, -0.1) is 22.7 Å². The molecule has 8 aromatic carbocycles. The number of fused-ring (bicyclic) bond motifs is 14. The minimum atomic E-state index is 1.17. The van der Waals surface area contributed by atoms with E-state index in [1.165, 1.54) is 106 Å². The molecule has 0 aliphatic rings. The summed E-state index contributed by atoms with van der Waals surface area (Å²) in [6.45, 7) is 0. The number of rotatable bonds is 3. The Morgan fingerprint density at radius 3 is 1.37 bits per heavy atom. The van der Waals surface area contributed by atoms with Crippen molar-refractivity contribution in [1.82, 2.24) is 9.13 Å². The smallest absolute Gasteiger partial charge is 0.0548 e. The van der Waals surface area contributed by atoms with Gasteiger partial charge in [0.25, 0.3) is 0 Å². The Hall–Kier alpha value is -6.20. The van der Waals surface area contributed by atoms with Crippen molar-refractivity contribution in [2.45, 2.75) is 0 Å². The molecule has 0 unspecified atom stereocenters. The van der Waals surface area contributed by atoms with Crippen LogP contribution < -0.4 is 0 Å². The van der Waals surface area contributed by atoms with Crippen LogP contribution in [-0.4, -0.2) is 9.13 Å². The lowest BCUT2D eigenvalue weighted by Gasteiger charge is -2.12. The highest BCUT2D eigenvalue weighted by atomic mass is 32.1. The number of hydrogen-bond donors (Lipinski definition) is 0. The predicted octanol–water partition coefficient (Wildman–Crippen LogP) is 14.3. The first-order valence-electron chi connectivity index (χ1n) is 17.7. The molecular formula is C48H28N2S2. The highest BCUT2D eigenvalue weighted by Crippen LogP contribution is 2.45. The molecule has 0 saturated heterocycles. The van der Waals surface area contributed by atoms with E-state index in [1.54, 1.807) is 0 Å². The fraction of sp³-hybridized carbons (Fsp3) is 0. The van der Waals surface area contributed by atoms with E-state index in [0.717, 1.165) is 0 Å². The van der Waals surface area contributed by atoms with E-state index in [4.69, 9.17) is 0 Å². The van der Waals surface area contributed by atoms with Gasteiger partial charge in [0.2, 0.25) is 0 Å². The van der Waals surface area contributed by atoms with Gasteiger partial charge in [0, 0.05) is 73.3 Å². The minimum absolute atomic E-state index is 1.17. The van der Waals surface area contributed by atoms with Crippen molar-refractivity contribution >= 4 is 107 Å². The number of benzene rings is 8. The summed E-state index contributed by atoms with van der Waals surface area (Å²) in [5.41, 5.74) is 9.67. The number of aromatic nitrogens is 2. The molecule has 0 aliphatic carbocycles. The lowest BCUT2D eigenvalue weighted by molar-refractivity contribution is 1.18. The van der Waals surface area contributed by atoms with Crippen LogP contribution in [0.2, 0.25) is 0 Å². The second-order valence-electron chi connectivity index (χ2n) is 13.7. The Kier molecular flexibility index (Phi) is 5.84. The van der Waals surface area contributed by atoms with E-state index >= 15 is 0 Å². The van der Waals surface area contributed by atoms with Crippen LogP contribution >= 0.6 is 22.7 Å². The molecule has 0 bridgehead atoms. The lowest BCUT2D eigenvalue weighted by atomic mass is 10.0. The summed E-state index contributed by atoms with van der Waals surface area (Å²) in [5, 5.41) is 10.6. The quantitative estimate of drug-likeness (QED) is 0.174. The summed E-state index contributed by atoms with van der Waals surface area (Å²) < 4.78 is 10.2. The van der Waals surface area contributed by atoms with Gasteiger partial charge in [-0.05, 0) is 83.9 Å². The summed E-state index contributed by atoms with van der Waals surface area (Å²) in [6, 6.07) is 62.7. The monoisotopic (exact) mass is 696 g/mol. The van der Waals surface area contributed by atoms with Crippen molar-refractivity contribution in [1.29, 1.82) is 0 Å². The van der Waals surface area contributed by atoms with Crippen LogP contribution in [0.3, 0.4) is 0 Å². The van der Waals surface area contributed by atoms with Crippen LogP contribution in [-0.2, 0) is 0 Å². The number of thiophene rings is 2. The van der Waals surface area contributed by atoms with Gasteiger partial charge < -0.3 is 9.13 Å². The first kappa shape index (κ1) is 28.5. The molecule has 52 heavy (non-hydrogen) atoms. The molecule has 0 aliphatic heterocycles. The average molecular weight is 697 g/mol. The van der Waals surface area contributed by atoms with Crippen molar-refractivity contribution in [3.05, 3.63) is 170 Å². The van der Waals surface area contributed by atoms with Crippen LogP contribution in [0.25, 0.3) is 106 Å². The molecule has 0 atom stereocenters.